The van der Waals surface area contributed by atoms with Crippen molar-refractivity contribution in [3.63, 3.8) is 0 Å². The van der Waals surface area contributed by atoms with Crippen LogP contribution < -0.4 is 20.7 Å². The van der Waals surface area contributed by atoms with Crippen molar-refractivity contribution in [1.29, 1.82) is 0 Å². The Kier molecular flexibility index (Phi) is 10.9. The van der Waals surface area contributed by atoms with E-state index in [1.54, 1.807) is 36.4 Å². The molecule has 0 unspecified atom stereocenters. The van der Waals surface area contributed by atoms with Gasteiger partial charge in [-0.15, -0.1) is 11.3 Å². The van der Waals surface area contributed by atoms with Gasteiger partial charge in [-0.3, -0.25) is 0 Å². The highest BCUT2D eigenvalue weighted by Gasteiger charge is 2.34. The minimum atomic E-state index is -4.45. The lowest BCUT2D eigenvalue weighted by Crippen LogP contribution is -2.46. The summed E-state index contributed by atoms with van der Waals surface area (Å²) in [4.78, 5) is 4.34. The first kappa shape index (κ1) is 34.5. The Hall–Kier alpha value is -2.84. The molecule has 1 aromatic heterocycles. The average molecular weight is 683 g/mol. The van der Waals surface area contributed by atoms with E-state index in [0.717, 1.165) is 30.7 Å². The van der Waals surface area contributed by atoms with Crippen LogP contribution in [0.5, 0.6) is 5.75 Å². The van der Waals surface area contributed by atoms with E-state index in [4.69, 9.17) is 4.74 Å². The van der Waals surface area contributed by atoms with E-state index in [1.807, 2.05) is 26.0 Å². The zero-order chi connectivity index (χ0) is 33.1. The molecule has 5 rings (SSSR count). The summed E-state index contributed by atoms with van der Waals surface area (Å²) < 4.78 is 88.7. The molecule has 0 spiro atoms. The minimum Gasteiger partial charge on any atom is -0.461 e. The van der Waals surface area contributed by atoms with Gasteiger partial charge >= 0.3 is 6.18 Å². The molecule has 2 aromatic carbocycles. The van der Waals surface area contributed by atoms with Crippen molar-refractivity contribution >= 4 is 45.2 Å². The van der Waals surface area contributed by atoms with Crippen LogP contribution in [-0.4, -0.2) is 94.2 Å². The molecule has 2 aliphatic rings. The standard InChI is InChI=1S/C33H40F5N4O2PS/c1-41(2)22-12-16-45(43,17-13-22)23-9-10-28(30(18-23)44-21-34)39-14-5-8-31-25(19-33(36,37)38)24-6-4-7-29(32(24)46-31)40-27-11-15-42(3)20-26(27)35/h4,6-7,9-10,18,22,26-27,39-40H,11-17,19-21H2,1-3H3/t22?,26-,27+,45?/m1/s1. The van der Waals surface area contributed by atoms with Gasteiger partial charge in [-0.2, -0.15) is 13.2 Å². The van der Waals surface area contributed by atoms with Gasteiger partial charge in [0.1, 0.15) is 19.1 Å². The van der Waals surface area contributed by atoms with E-state index in [1.165, 1.54) is 0 Å². The maximum atomic E-state index is 14.8. The second kappa shape index (κ2) is 14.5. The number of alkyl halides is 5. The Morgan fingerprint density at radius 1 is 1.13 bits per heavy atom. The summed E-state index contributed by atoms with van der Waals surface area (Å²) in [6.45, 7) is -0.0120. The van der Waals surface area contributed by atoms with E-state index in [0.29, 0.717) is 58.1 Å². The summed E-state index contributed by atoms with van der Waals surface area (Å²) in [7, 11) is 3.24. The lowest BCUT2D eigenvalue weighted by atomic mass is 10.0. The van der Waals surface area contributed by atoms with Gasteiger partial charge in [0.05, 0.1) is 40.0 Å². The summed E-state index contributed by atoms with van der Waals surface area (Å²) in [5.41, 5.74) is 1.13. The number of piperidine rings is 1. The molecule has 0 amide bonds. The van der Waals surface area contributed by atoms with Crippen LogP contribution in [-0.2, 0) is 11.0 Å². The number of hydrogen-bond donors (Lipinski definition) is 2. The van der Waals surface area contributed by atoms with Crippen LogP contribution in [0.4, 0.5) is 33.3 Å². The van der Waals surface area contributed by atoms with Crippen LogP contribution in [0, 0.1) is 11.8 Å². The molecule has 13 heteroatoms. The van der Waals surface area contributed by atoms with E-state index in [9.17, 15) is 26.5 Å². The Morgan fingerprint density at radius 2 is 1.89 bits per heavy atom. The van der Waals surface area contributed by atoms with Crippen LogP contribution in [0.1, 0.15) is 29.7 Å². The average Bonchev–Trinajstić information content (AvgIpc) is 3.34. The molecule has 0 radical (unpaired) electrons. The summed E-state index contributed by atoms with van der Waals surface area (Å²) in [6.07, 6.45) is -3.33. The van der Waals surface area contributed by atoms with Gasteiger partial charge in [0, 0.05) is 36.8 Å². The molecule has 6 nitrogen and oxygen atoms in total. The number of nitrogens with zero attached hydrogens (tertiary/aromatic N) is 2. The van der Waals surface area contributed by atoms with Crippen LogP contribution in [0.25, 0.3) is 10.1 Å². The molecule has 2 saturated heterocycles. The van der Waals surface area contributed by atoms with Crippen LogP contribution in [0.15, 0.2) is 36.4 Å². The van der Waals surface area contributed by atoms with Crippen molar-refractivity contribution < 1.29 is 31.3 Å². The van der Waals surface area contributed by atoms with E-state index >= 15 is 0 Å². The Morgan fingerprint density at radius 3 is 2.57 bits per heavy atom. The van der Waals surface area contributed by atoms with Crippen molar-refractivity contribution in [3.8, 4) is 17.6 Å². The number of fused-ring (bicyclic) bond motifs is 1. The van der Waals surface area contributed by atoms with Crippen molar-refractivity contribution in [3.05, 3.63) is 46.8 Å². The predicted octanol–water partition coefficient (Wildman–Crippen LogP) is 6.94. The quantitative estimate of drug-likeness (QED) is 0.145. The summed E-state index contributed by atoms with van der Waals surface area (Å²) in [5, 5.41) is 7.40. The van der Waals surface area contributed by atoms with Gasteiger partial charge in [-0.1, -0.05) is 24.0 Å². The first-order valence-electron chi connectivity index (χ1n) is 15.4. The second-order valence-electron chi connectivity index (χ2n) is 12.3. The highest BCUT2D eigenvalue weighted by atomic mass is 32.1. The molecule has 0 saturated carbocycles. The van der Waals surface area contributed by atoms with E-state index < -0.39 is 38.8 Å². The molecule has 3 heterocycles. The monoisotopic (exact) mass is 682 g/mol. The first-order valence-corrected chi connectivity index (χ1v) is 18.3. The lowest BCUT2D eigenvalue weighted by Gasteiger charge is -2.33. The number of halogens is 5. The zero-order valence-electron chi connectivity index (χ0n) is 26.2. The molecule has 46 heavy (non-hydrogen) atoms. The molecule has 2 aliphatic heterocycles. The van der Waals surface area contributed by atoms with Gasteiger partial charge in [0.2, 0.25) is 6.86 Å². The number of benzene rings is 2. The molecule has 250 valence electrons. The zero-order valence-corrected chi connectivity index (χ0v) is 27.9. The van der Waals surface area contributed by atoms with Gasteiger partial charge in [-0.25, -0.2) is 8.78 Å². The third-order valence-corrected chi connectivity index (χ3v) is 13.3. The summed E-state index contributed by atoms with van der Waals surface area (Å²) in [6, 6.07) is 10.1. The molecule has 2 N–H and O–H groups in total. The maximum absolute atomic E-state index is 14.8. The fourth-order valence-electron chi connectivity index (χ4n) is 6.28. The van der Waals surface area contributed by atoms with Gasteiger partial charge in [0.25, 0.3) is 0 Å². The van der Waals surface area contributed by atoms with Gasteiger partial charge in [0.15, 0.2) is 0 Å². The summed E-state index contributed by atoms with van der Waals surface area (Å²) >= 11 is 1.15. The molecule has 2 atom stereocenters. The second-order valence-corrected chi connectivity index (χ2v) is 16.5. The van der Waals surface area contributed by atoms with Gasteiger partial charge < -0.3 is 29.7 Å². The Labute approximate surface area is 271 Å². The van der Waals surface area contributed by atoms with Crippen LogP contribution >= 0.6 is 18.5 Å². The Balaban J connectivity index is 1.35. The van der Waals surface area contributed by atoms with Crippen molar-refractivity contribution in [2.75, 3.05) is 70.6 Å². The molecule has 0 bridgehead atoms. The minimum absolute atomic E-state index is 0.0497. The fraction of sp³-hybridized carbons (Fsp3) is 0.515. The number of ether oxygens (including phenoxy) is 1. The third-order valence-electron chi connectivity index (χ3n) is 8.87. The predicted molar refractivity (Wildman–Crippen MR) is 178 cm³/mol. The van der Waals surface area contributed by atoms with Gasteiger partial charge in [-0.05, 0) is 75.6 Å². The van der Waals surface area contributed by atoms with E-state index in [-0.39, 0.29) is 22.7 Å². The van der Waals surface area contributed by atoms with Crippen molar-refractivity contribution in [1.82, 2.24) is 9.80 Å². The normalized spacial score (nSPS) is 24.1. The lowest BCUT2D eigenvalue weighted by molar-refractivity contribution is -0.126. The van der Waals surface area contributed by atoms with Crippen molar-refractivity contribution in [2.24, 2.45) is 0 Å². The SMILES string of the molecule is CN1CC[C@H](Nc2cccc3c(CC(F)(F)F)c(C#CCNc4ccc(P5(=O)CCC(N(C)C)CC5)cc4OCF)sc23)[C@H](F)C1. The topological polar surface area (TPSA) is 56.8 Å². The number of hydrogen-bond acceptors (Lipinski definition) is 7. The van der Waals surface area contributed by atoms with Crippen LogP contribution in [0.3, 0.4) is 0 Å². The molecule has 2 fully saturated rings. The first-order chi connectivity index (χ1) is 21.9. The molecule has 3 aromatic rings. The fourth-order valence-corrected chi connectivity index (χ4v) is 10.3. The number of rotatable bonds is 9. The molecular weight excluding hydrogens is 642 g/mol. The number of anilines is 2. The molecular formula is C33H40F5N4O2PS. The van der Waals surface area contributed by atoms with E-state index in [2.05, 4.69) is 27.4 Å². The number of nitrogens with one attached hydrogen (secondary N) is 2. The number of thiophene rings is 1. The Bertz CT molecular complexity index is 1620. The third kappa shape index (κ3) is 8.17. The molecule has 0 aliphatic carbocycles. The van der Waals surface area contributed by atoms with Crippen molar-refractivity contribution in [2.45, 2.75) is 50.1 Å². The highest BCUT2D eigenvalue weighted by molar-refractivity contribution is 7.71. The number of likely N-dealkylation sites (tertiary alicyclic amines) is 1. The largest absolute Gasteiger partial charge is 0.461 e. The smallest absolute Gasteiger partial charge is 0.393 e. The summed E-state index contributed by atoms with van der Waals surface area (Å²) in [5.74, 6) is 6.03. The maximum Gasteiger partial charge on any atom is 0.393 e. The highest BCUT2D eigenvalue weighted by Crippen LogP contribution is 2.50. The van der Waals surface area contributed by atoms with Crippen LogP contribution in [0.2, 0.25) is 0 Å².